The van der Waals surface area contributed by atoms with E-state index in [0.29, 0.717) is 19.4 Å². The predicted molar refractivity (Wildman–Crippen MR) is 122 cm³/mol. The molecule has 0 aromatic rings. The largest absolute Gasteiger partial charge is 0.465 e. The zero-order chi connectivity index (χ0) is 22.0. The van der Waals surface area contributed by atoms with Crippen molar-refractivity contribution < 1.29 is 19.1 Å². The fourth-order valence-corrected chi connectivity index (χ4v) is 3.56. The van der Waals surface area contributed by atoms with Crippen LogP contribution in [-0.4, -0.2) is 30.0 Å². The molecule has 0 aromatic carbocycles. The van der Waals surface area contributed by atoms with Crippen molar-refractivity contribution in [3.8, 4) is 0 Å². The zero-order valence-corrected chi connectivity index (χ0v) is 20.3. The molecule has 0 saturated heterocycles. The molecule has 0 fully saturated rings. The first kappa shape index (κ1) is 28.5. The monoisotopic (exact) mass is 452 g/mol. The van der Waals surface area contributed by atoms with Gasteiger partial charge in [0, 0.05) is 0 Å². The lowest BCUT2D eigenvalue weighted by Crippen LogP contribution is -2.41. The van der Waals surface area contributed by atoms with E-state index in [1.54, 1.807) is 13.8 Å². The number of esters is 2. The summed E-state index contributed by atoms with van der Waals surface area (Å²) in [5.74, 6) is -1.11. The van der Waals surface area contributed by atoms with E-state index in [2.05, 4.69) is 6.92 Å². The van der Waals surface area contributed by atoms with Crippen LogP contribution < -0.4 is 0 Å². The van der Waals surface area contributed by atoms with Gasteiger partial charge in [-0.2, -0.15) is 0 Å². The van der Waals surface area contributed by atoms with Gasteiger partial charge in [-0.1, -0.05) is 91.4 Å². The van der Waals surface area contributed by atoms with Gasteiger partial charge in [-0.25, -0.2) is 0 Å². The van der Waals surface area contributed by atoms with E-state index in [-0.39, 0.29) is 6.61 Å². The predicted octanol–water partition coefficient (Wildman–Crippen LogP) is 7.38. The first-order valence-corrected chi connectivity index (χ1v) is 12.4. The Morgan fingerprint density at radius 3 is 1.52 bits per heavy atom. The van der Waals surface area contributed by atoms with Gasteiger partial charge in [0.05, 0.1) is 6.61 Å². The smallest absolute Gasteiger partial charge is 0.323 e. The summed E-state index contributed by atoms with van der Waals surface area (Å²) in [6.45, 7) is 6.04. The van der Waals surface area contributed by atoms with Crippen LogP contribution in [0.15, 0.2) is 0 Å². The Labute approximate surface area is 188 Å². The Kier molecular flexibility index (Phi) is 18.0. The van der Waals surface area contributed by atoms with Crippen LogP contribution in [0.5, 0.6) is 0 Å². The Balaban J connectivity index is 3.90. The summed E-state index contributed by atoms with van der Waals surface area (Å²) in [4.78, 5) is 24.1. The number of halogens is 2. The standard InChI is InChI=1S/C23H42Cl2O4/c1-4-7-8-9-10-11-12-13-14-15-16-17-18-28-21(26)23(5-2,6-3)22(27)29-19-20(24)25/h20H,4-19H2,1-3H3. The normalized spacial score (nSPS) is 11.7. The van der Waals surface area contributed by atoms with E-state index >= 15 is 0 Å². The molecule has 0 N–H and O–H groups in total. The molecule has 0 aliphatic rings. The van der Waals surface area contributed by atoms with Crippen molar-refractivity contribution in [1.82, 2.24) is 0 Å². The number of rotatable bonds is 19. The number of ether oxygens (including phenoxy) is 2. The fourth-order valence-electron chi connectivity index (χ4n) is 3.43. The van der Waals surface area contributed by atoms with Crippen molar-refractivity contribution >= 4 is 35.1 Å². The van der Waals surface area contributed by atoms with Crippen LogP contribution in [0, 0.1) is 5.41 Å². The average Bonchev–Trinajstić information content (AvgIpc) is 2.71. The molecule has 0 bridgehead atoms. The number of carbonyl (C=O) groups excluding carboxylic acids is 2. The minimum absolute atomic E-state index is 0.129. The summed E-state index contributed by atoms with van der Waals surface area (Å²) in [5.41, 5.74) is -1.26. The van der Waals surface area contributed by atoms with Gasteiger partial charge in [0.15, 0.2) is 5.41 Å². The molecular weight excluding hydrogens is 411 g/mol. The van der Waals surface area contributed by atoms with Crippen molar-refractivity contribution in [2.24, 2.45) is 5.41 Å². The molecule has 172 valence electrons. The highest BCUT2D eigenvalue weighted by atomic mass is 35.5. The summed E-state index contributed by atoms with van der Waals surface area (Å²) >= 11 is 11.2. The van der Waals surface area contributed by atoms with E-state index in [1.807, 2.05) is 0 Å². The Morgan fingerprint density at radius 1 is 0.690 bits per heavy atom. The lowest BCUT2D eigenvalue weighted by molar-refractivity contribution is -0.173. The highest BCUT2D eigenvalue weighted by molar-refractivity contribution is 6.44. The van der Waals surface area contributed by atoms with Gasteiger partial charge >= 0.3 is 11.9 Å². The summed E-state index contributed by atoms with van der Waals surface area (Å²) in [6.07, 6.45) is 15.7. The zero-order valence-electron chi connectivity index (χ0n) is 18.8. The maximum atomic E-state index is 12.5. The summed E-state index contributed by atoms with van der Waals surface area (Å²) in [6, 6.07) is 0. The molecule has 0 amide bonds. The van der Waals surface area contributed by atoms with Crippen molar-refractivity contribution in [2.75, 3.05) is 13.2 Å². The van der Waals surface area contributed by atoms with Crippen LogP contribution in [0.4, 0.5) is 0 Å². The van der Waals surface area contributed by atoms with Gasteiger partial charge in [0.25, 0.3) is 0 Å². The first-order chi connectivity index (χ1) is 13.9. The number of hydrogen-bond acceptors (Lipinski definition) is 4. The molecule has 0 aromatic heterocycles. The van der Waals surface area contributed by atoms with Gasteiger partial charge in [-0.15, -0.1) is 23.2 Å². The first-order valence-electron chi connectivity index (χ1n) is 11.6. The quantitative estimate of drug-likeness (QED) is 0.0886. The van der Waals surface area contributed by atoms with Crippen molar-refractivity contribution in [3.63, 3.8) is 0 Å². The fraction of sp³-hybridized carbons (Fsp3) is 0.913. The number of carbonyl (C=O) groups is 2. The third kappa shape index (κ3) is 12.7. The lowest BCUT2D eigenvalue weighted by atomic mass is 9.82. The molecule has 0 aliphatic heterocycles. The summed E-state index contributed by atoms with van der Waals surface area (Å²) in [7, 11) is 0. The number of alkyl halides is 2. The Morgan fingerprint density at radius 2 is 1.10 bits per heavy atom. The van der Waals surface area contributed by atoms with Gasteiger partial charge in [0.2, 0.25) is 0 Å². The molecule has 0 spiro atoms. The molecule has 4 nitrogen and oxygen atoms in total. The van der Waals surface area contributed by atoms with Gasteiger partial charge in [0.1, 0.15) is 11.4 Å². The molecule has 0 aliphatic carbocycles. The van der Waals surface area contributed by atoms with E-state index in [9.17, 15) is 9.59 Å². The van der Waals surface area contributed by atoms with Crippen LogP contribution in [0.2, 0.25) is 0 Å². The minimum Gasteiger partial charge on any atom is -0.465 e. The molecule has 6 heteroatoms. The molecule has 0 atom stereocenters. The van der Waals surface area contributed by atoms with Crippen LogP contribution in [0.1, 0.15) is 111 Å². The van der Waals surface area contributed by atoms with Crippen molar-refractivity contribution in [2.45, 2.75) is 115 Å². The highest BCUT2D eigenvalue weighted by Gasteiger charge is 2.46. The molecule has 0 radical (unpaired) electrons. The second-order valence-electron chi connectivity index (χ2n) is 7.80. The Bertz CT molecular complexity index is 423. The molecule has 0 rings (SSSR count). The van der Waals surface area contributed by atoms with Crippen LogP contribution >= 0.6 is 23.2 Å². The molecule has 29 heavy (non-hydrogen) atoms. The number of hydrogen-bond donors (Lipinski definition) is 0. The second-order valence-corrected chi connectivity index (χ2v) is 9.08. The second kappa shape index (κ2) is 18.3. The topological polar surface area (TPSA) is 52.6 Å². The molecule has 0 unspecified atom stereocenters. The molecular formula is C23H42Cl2O4. The molecule has 0 saturated carbocycles. The van der Waals surface area contributed by atoms with E-state index in [0.717, 1.165) is 19.3 Å². The maximum absolute atomic E-state index is 12.5. The van der Waals surface area contributed by atoms with Crippen molar-refractivity contribution in [3.05, 3.63) is 0 Å². The molecule has 0 heterocycles. The van der Waals surface area contributed by atoms with E-state index in [4.69, 9.17) is 32.7 Å². The third-order valence-corrected chi connectivity index (χ3v) is 5.81. The lowest BCUT2D eigenvalue weighted by Gasteiger charge is -2.27. The van der Waals surface area contributed by atoms with Crippen LogP contribution in [-0.2, 0) is 19.1 Å². The Hall–Kier alpha value is -0.480. The number of unbranched alkanes of at least 4 members (excludes halogenated alkanes) is 11. The average molecular weight is 453 g/mol. The van der Waals surface area contributed by atoms with Crippen LogP contribution in [0.25, 0.3) is 0 Å². The van der Waals surface area contributed by atoms with Gasteiger partial charge in [-0.3, -0.25) is 9.59 Å². The highest BCUT2D eigenvalue weighted by Crippen LogP contribution is 2.30. The summed E-state index contributed by atoms with van der Waals surface area (Å²) in [5, 5.41) is 0. The van der Waals surface area contributed by atoms with Crippen molar-refractivity contribution in [1.29, 1.82) is 0 Å². The SMILES string of the molecule is CCCCCCCCCCCCCCOC(=O)C(CC)(CC)C(=O)OCC(Cl)Cl. The van der Waals surface area contributed by atoms with Gasteiger partial charge in [-0.05, 0) is 19.3 Å². The summed E-state index contributed by atoms with van der Waals surface area (Å²) < 4.78 is 10.5. The third-order valence-electron chi connectivity index (χ3n) is 5.56. The van der Waals surface area contributed by atoms with Crippen LogP contribution in [0.3, 0.4) is 0 Å². The van der Waals surface area contributed by atoms with E-state index in [1.165, 1.54) is 57.8 Å². The minimum atomic E-state index is -1.26. The van der Waals surface area contributed by atoms with Gasteiger partial charge < -0.3 is 9.47 Å². The maximum Gasteiger partial charge on any atom is 0.323 e. The van der Waals surface area contributed by atoms with E-state index < -0.39 is 22.2 Å².